The summed E-state index contributed by atoms with van der Waals surface area (Å²) in [7, 11) is 3.09. The van der Waals surface area contributed by atoms with Crippen LogP contribution in [0.5, 0.6) is 5.88 Å². The molecule has 0 spiro atoms. The Balaban J connectivity index is 1.67. The molecule has 30 heavy (non-hydrogen) atoms. The van der Waals surface area contributed by atoms with E-state index in [0.717, 1.165) is 18.3 Å². The van der Waals surface area contributed by atoms with Gasteiger partial charge in [-0.15, -0.1) is 5.10 Å². The Labute approximate surface area is 171 Å². The Kier molecular flexibility index (Phi) is 5.99. The predicted molar refractivity (Wildman–Crippen MR) is 99.9 cm³/mol. The van der Waals surface area contributed by atoms with E-state index in [2.05, 4.69) is 15.4 Å². The van der Waals surface area contributed by atoms with E-state index in [1.807, 2.05) is 6.92 Å². The molecule has 2 atom stereocenters. The molecule has 1 aliphatic rings. The molecule has 2 aromatic rings. The van der Waals surface area contributed by atoms with Crippen LogP contribution in [0.3, 0.4) is 0 Å². The summed E-state index contributed by atoms with van der Waals surface area (Å²) < 4.78 is 45.9. The quantitative estimate of drug-likeness (QED) is 0.811. The highest BCUT2D eigenvalue weighted by molar-refractivity contribution is 5.94. The molecular formula is C19H22F3N5O3. The summed E-state index contributed by atoms with van der Waals surface area (Å²) in [6, 6.07) is 3.13. The second-order valence-corrected chi connectivity index (χ2v) is 7.19. The van der Waals surface area contributed by atoms with Crippen LogP contribution in [0.1, 0.15) is 39.9 Å². The fourth-order valence-corrected chi connectivity index (χ4v) is 3.50. The number of likely N-dealkylation sites (tertiary alicyclic amines) is 1. The lowest BCUT2D eigenvalue weighted by Crippen LogP contribution is -2.52. The summed E-state index contributed by atoms with van der Waals surface area (Å²) >= 11 is 0. The molecule has 0 aliphatic carbocycles. The van der Waals surface area contributed by atoms with E-state index in [1.165, 1.54) is 11.8 Å². The molecule has 162 valence electrons. The second kappa shape index (κ2) is 8.33. The highest BCUT2D eigenvalue weighted by Crippen LogP contribution is 2.31. The third kappa shape index (κ3) is 4.39. The largest absolute Gasteiger partial charge is 0.480 e. The van der Waals surface area contributed by atoms with Crippen LogP contribution in [0.25, 0.3) is 0 Å². The van der Waals surface area contributed by atoms with Gasteiger partial charge in [0.2, 0.25) is 5.88 Å². The SMILES string of the molecule is COc1cc(C(=O)N2CC[C@@H](NC(=O)c3ncccc3C(F)(F)F)[C@@H](C)C2)n(C)n1. The van der Waals surface area contributed by atoms with Crippen LogP contribution in [0.15, 0.2) is 24.4 Å². The van der Waals surface area contributed by atoms with Gasteiger partial charge in [-0.05, 0) is 24.5 Å². The number of pyridine rings is 1. The number of alkyl halides is 3. The van der Waals surface area contributed by atoms with E-state index >= 15 is 0 Å². The molecule has 0 unspecified atom stereocenters. The summed E-state index contributed by atoms with van der Waals surface area (Å²) in [6.45, 7) is 2.51. The number of hydrogen-bond acceptors (Lipinski definition) is 5. The van der Waals surface area contributed by atoms with Crippen molar-refractivity contribution in [3.05, 3.63) is 41.3 Å². The van der Waals surface area contributed by atoms with Gasteiger partial charge < -0.3 is 15.0 Å². The van der Waals surface area contributed by atoms with Crippen LogP contribution >= 0.6 is 0 Å². The van der Waals surface area contributed by atoms with Gasteiger partial charge in [0.05, 0.1) is 12.7 Å². The van der Waals surface area contributed by atoms with E-state index in [-0.39, 0.29) is 17.9 Å². The molecule has 1 aliphatic heterocycles. The maximum absolute atomic E-state index is 13.1. The van der Waals surface area contributed by atoms with Crippen molar-refractivity contribution in [1.29, 1.82) is 0 Å². The first kappa shape index (κ1) is 21.6. The maximum atomic E-state index is 13.1. The standard InChI is InChI=1S/C19H22F3N5O3/c1-11-10-27(18(29)14-9-15(30-3)25-26(14)2)8-6-13(11)24-17(28)16-12(19(20,21)22)5-4-7-23-16/h4-5,7,9,11,13H,6,8,10H2,1-3H3,(H,24,28)/t11-,13+/m0/s1. The van der Waals surface area contributed by atoms with Gasteiger partial charge in [0.1, 0.15) is 11.4 Å². The van der Waals surface area contributed by atoms with Gasteiger partial charge >= 0.3 is 6.18 Å². The zero-order valence-corrected chi connectivity index (χ0v) is 16.7. The number of piperidine rings is 1. The molecule has 0 radical (unpaired) electrons. The molecule has 3 heterocycles. The van der Waals surface area contributed by atoms with Crippen molar-refractivity contribution in [1.82, 2.24) is 25.0 Å². The topological polar surface area (TPSA) is 89.4 Å². The van der Waals surface area contributed by atoms with Gasteiger partial charge in [-0.3, -0.25) is 19.3 Å². The normalized spacial score (nSPS) is 19.5. The number of ether oxygens (including phenoxy) is 1. The Bertz CT molecular complexity index is 944. The first-order chi connectivity index (χ1) is 14.1. The predicted octanol–water partition coefficient (Wildman–Crippen LogP) is 2.12. The van der Waals surface area contributed by atoms with Gasteiger partial charge in [0.25, 0.3) is 11.8 Å². The zero-order chi connectivity index (χ0) is 22.1. The number of nitrogens with one attached hydrogen (secondary N) is 1. The van der Waals surface area contributed by atoms with E-state index in [1.54, 1.807) is 18.0 Å². The highest BCUT2D eigenvalue weighted by Gasteiger charge is 2.37. The van der Waals surface area contributed by atoms with Crippen LogP contribution < -0.4 is 10.1 Å². The number of amides is 2. The molecule has 8 nitrogen and oxygen atoms in total. The third-order valence-electron chi connectivity index (χ3n) is 5.12. The molecule has 1 fully saturated rings. The van der Waals surface area contributed by atoms with Crippen molar-refractivity contribution in [2.75, 3.05) is 20.2 Å². The summed E-state index contributed by atoms with van der Waals surface area (Å²) in [6.07, 6.45) is -3.12. The zero-order valence-electron chi connectivity index (χ0n) is 16.7. The van der Waals surface area contributed by atoms with Gasteiger partial charge in [-0.1, -0.05) is 6.92 Å². The first-order valence-corrected chi connectivity index (χ1v) is 9.32. The number of carbonyl (C=O) groups is 2. The number of nitrogens with zero attached hydrogens (tertiary/aromatic N) is 4. The summed E-state index contributed by atoms with van der Waals surface area (Å²) in [5, 5.41) is 6.72. The van der Waals surface area contributed by atoms with Crippen LogP contribution in [-0.4, -0.2) is 57.7 Å². The molecule has 0 saturated carbocycles. The van der Waals surface area contributed by atoms with Crippen LogP contribution in [0, 0.1) is 5.92 Å². The van der Waals surface area contributed by atoms with Crippen LogP contribution in [0.4, 0.5) is 13.2 Å². The molecule has 1 saturated heterocycles. The Morgan fingerprint density at radius 1 is 1.33 bits per heavy atom. The van der Waals surface area contributed by atoms with E-state index < -0.39 is 23.3 Å². The number of hydrogen-bond donors (Lipinski definition) is 1. The van der Waals surface area contributed by atoms with E-state index in [9.17, 15) is 22.8 Å². The second-order valence-electron chi connectivity index (χ2n) is 7.19. The molecule has 1 N–H and O–H groups in total. The van der Waals surface area contributed by atoms with Crippen molar-refractivity contribution in [3.63, 3.8) is 0 Å². The van der Waals surface area contributed by atoms with Crippen LogP contribution in [0.2, 0.25) is 0 Å². The van der Waals surface area contributed by atoms with Gasteiger partial charge in [-0.25, -0.2) is 0 Å². The smallest absolute Gasteiger partial charge is 0.418 e. The molecule has 3 rings (SSSR count). The van der Waals surface area contributed by atoms with Crippen molar-refractivity contribution in [2.45, 2.75) is 25.6 Å². The number of aryl methyl sites for hydroxylation is 1. The third-order valence-corrected chi connectivity index (χ3v) is 5.12. The van der Waals surface area contributed by atoms with E-state index in [0.29, 0.717) is 31.1 Å². The van der Waals surface area contributed by atoms with E-state index in [4.69, 9.17) is 4.74 Å². The molecule has 2 aromatic heterocycles. The molecule has 0 aromatic carbocycles. The Morgan fingerprint density at radius 2 is 2.07 bits per heavy atom. The van der Waals surface area contributed by atoms with Gasteiger partial charge in [0.15, 0.2) is 0 Å². The molecule has 11 heteroatoms. The Morgan fingerprint density at radius 3 is 2.67 bits per heavy atom. The van der Waals surface area contributed by atoms with Crippen molar-refractivity contribution in [3.8, 4) is 5.88 Å². The average molecular weight is 425 g/mol. The molecule has 0 bridgehead atoms. The molecule has 2 amide bonds. The Hall–Kier alpha value is -3.11. The summed E-state index contributed by atoms with van der Waals surface area (Å²) in [5.41, 5.74) is -1.37. The average Bonchev–Trinajstić information content (AvgIpc) is 3.09. The lowest BCUT2D eigenvalue weighted by Gasteiger charge is -2.37. The van der Waals surface area contributed by atoms with Gasteiger partial charge in [-0.2, -0.15) is 13.2 Å². The number of methoxy groups -OCH3 is 1. The number of halogens is 3. The monoisotopic (exact) mass is 425 g/mol. The summed E-state index contributed by atoms with van der Waals surface area (Å²) in [5.74, 6) is -0.948. The van der Waals surface area contributed by atoms with Gasteiger partial charge in [0, 0.05) is 38.4 Å². The van der Waals surface area contributed by atoms with Crippen molar-refractivity contribution >= 4 is 11.8 Å². The fraction of sp³-hybridized carbons (Fsp3) is 0.474. The van der Waals surface area contributed by atoms with Crippen molar-refractivity contribution < 1.29 is 27.5 Å². The summed E-state index contributed by atoms with van der Waals surface area (Å²) in [4.78, 5) is 30.5. The van der Waals surface area contributed by atoms with Crippen molar-refractivity contribution in [2.24, 2.45) is 13.0 Å². The number of carbonyl (C=O) groups excluding carboxylic acids is 2. The number of rotatable bonds is 4. The maximum Gasteiger partial charge on any atom is 0.418 e. The minimum atomic E-state index is -4.67. The lowest BCUT2D eigenvalue weighted by atomic mass is 9.93. The highest BCUT2D eigenvalue weighted by atomic mass is 19.4. The minimum Gasteiger partial charge on any atom is -0.480 e. The first-order valence-electron chi connectivity index (χ1n) is 9.32. The number of aromatic nitrogens is 3. The minimum absolute atomic E-state index is 0.167. The van der Waals surface area contributed by atoms with Crippen LogP contribution in [-0.2, 0) is 13.2 Å². The molecular weight excluding hydrogens is 403 g/mol. The fourth-order valence-electron chi connectivity index (χ4n) is 3.50. The lowest BCUT2D eigenvalue weighted by molar-refractivity contribution is -0.138.